The van der Waals surface area contributed by atoms with Crippen LogP contribution in [0.3, 0.4) is 0 Å². The number of ketones is 1. The van der Waals surface area contributed by atoms with Crippen molar-refractivity contribution >= 4 is 23.2 Å². The fourth-order valence-electron chi connectivity index (χ4n) is 1.11. The van der Waals surface area contributed by atoms with Crippen LogP contribution in [0.25, 0.3) is 0 Å². The van der Waals surface area contributed by atoms with Crippen LogP contribution < -0.4 is 5.73 Å². The summed E-state index contributed by atoms with van der Waals surface area (Å²) >= 11 is 5.69. The quantitative estimate of drug-likeness (QED) is 0.769. The van der Waals surface area contributed by atoms with Crippen LogP contribution in [0.1, 0.15) is 24.2 Å². The molecular formula is C10H13ClN2O2. The average molecular weight is 229 g/mol. The van der Waals surface area contributed by atoms with Gasteiger partial charge in [-0.1, -0.05) is 25.4 Å². The van der Waals surface area contributed by atoms with E-state index in [0.29, 0.717) is 5.02 Å². The van der Waals surface area contributed by atoms with Crippen molar-refractivity contribution in [2.45, 2.75) is 20.0 Å². The lowest BCUT2D eigenvalue weighted by Crippen LogP contribution is -2.27. The molecule has 0 aliphatic rings. The van der Waals surface area contributed by atoms with Gasteiger partial charge in [-0.3, -0.25) is 4.79 Å². The van der Waals surface area contributed by atoms with Crippen molar-refractivity contribution in [3.05, 3.63) is 22.8 Å². The molecule has 5 heteroatoms. The molecule has 0 saturated heterocycles. The number of nitrogens with two attached hydrogens (primary N) is 1. The Morgan fingerprint density at radius 3 is 2.73 bits per heavy atom. The second kappa shape index (κ2) is 4.59. The van der Waals surface area contributed by atoms with Crippen molar-refractivity contribution in [2.24, 2.45) is 5.92 Å². The number of aliphatic hydroxyl groups is 1. The number of rotatable bonds is 3. The molecular weight excluding hydrogens is 216 g/mol. The Morgan fingerprint density at radius 2 is 2.20 bits per heavy atom. The first-order valence-corrected chi connectivity index (χ1v) is 4.94. The number of halogens is 1. The van der Waals surface area contributed by atoms with Crippen molar-refractivity contribution in [3.63, 3.8) is 0 Å². The smallest absolute Gasteiger partial charge is 0.195 e. The van der Waals surface area contributed by atoms with Gasteiger partial charge >= 0.3 is 0 Å². The molecule has 0 spiro atoms. The molecule has 15 heavy (non-hydrogen) atoms. The number of pyridine rings is 1. The number of aliphatic hydroxyl groups excluding tert-OH is 1. The molecule has 4 nitrogen and oxygen atoms in total. The van der Waals surface area contributed by atoms with Gasteiger partial charge in [-0.25, -0.2) is 4.98 Å². The SMILES string of the molecule is CC(C)C(O)C(=O)c1cc(Cl)cnc1N. The lowest BCUT2D eigenvalue weighted by molar-refractivity contribution is 0.0648. The Labute approximate surface area is 93.1 Å². The number of carbonyl (C=O) groups excluding carboxylic acids is 1. The minimum atomic E-state index is -1.08. The summed E-state index contributed by atoms with van der Waals surface area (Å²) in [4.78, 5) is 15.5. The first-order chi connectivity index (χ1) is 6.93. The molecule has 1 atom stereocenters. The molecule has 1 unspecified atom stereocenters. The highest BCUT2D eigenvalue weighted by Crippen LogP contribution is 2.18. The Bertz CT molecular complexity index is 380. The van der Waals surface area contributed by atoms with Crippen LogP contribution in [-0.4, -0.2) is 22.0 Å². The zero-order valence-electron chi connectivity index (χ0n) is 8.57. The van der Waals surface area contributed by atoms with E-state index in [1.54, 1.807) is 13.8 Å². The van der Waals surface area contributed by atoms with Gasteiger partial charge in [0.15, 0.2) is 5.78 Å². The lowest BCUT2D eigenvalue weighted by Gasteiger charge is -2.13. The summed E-state index contributed by atoms with van der Waals surface area (Å²) < 4.78 is 0. The average Bonchev–Trinajstić information content (AvgIpc) is 2.19. The highest BCUT2D eigenvalue weighted by molar-refractivity contribution is 6.31. The third-order valence-electron chi connectivity index (χ3n) is 2.05. The molecule has 1 rings (SSSR count). The standard InChI is InChI=1S/C10H13ClN2O2/c1-5(2)8(14)9(15)7-3-6(11)4-13-10(7)12/h3-5,8,14H,1-2H3,(H2,12,13). The highest BCUT2D eigenvalue weighted by Gasteiger charge is 2.23. The predicted octanol–water partition coefficient (Wildman–Crippen LogP) is 1.52. The van der Waals surface area contributed by atoms with E-state index in [1.165, 1.54) is 12.3 Å². The van der Waals surface area contributed by atoms with Gasteiger partial charge in [-0.15, -0.1) is 0 Å². The van der Waals surface area contributed by atoms with Gasteiger partial charge in [-0.2, -0.15) is 0 Å². The fourth-order valence-corrected chi connectivity index (χ4v) is 1.27. The molecule has 3 N–H and O–H groups in total. The van der Waals surface area contributed by atoms with Gasteiger partial charge < -0.3 is 10.8 Å². The van der Waals surface area contributed by atoms with Gasteiger partial charge in [0.1, 0.15) is 11.9 Å². The number of anilines is 1. The van der Waals surface area contributed by atoms with E-state index in [4.69, 9.17) is 17.3 Å². The Kier molecular flexibility index (Phi) is 3.66. The molecule has 1 aromatic heterocycles. The maximum atomic E-state index is 11.7. The third kappa shape index (κ3) is 2.67. The number of Topliss-reactive ketones (excluding diaryl/α,β-unsaturated/α-hetero) is 1. The zero-order valence-corrected chi connectivity index (χ0v) is 9.32. The molecule has 0 amide bonds. The van der Waals surface area contributed by atoms with Gasteiger partial charge in [0.25, 0.3) is 0 Å². The van der Waals surface area contributed by atoms with Crippen LogP contribution in [-0.2, 0) is 0 Å². The van der Waals surface area contributed by atoms with Crippen molar-refractivity contribution in [1.82, 2.24) is 4.98 Å². The maximum Gasteiger partial charge on any atom is 0.195 e. The molecule has 0 fully saturated rings. The topological polar surface area (TPSA) is 76.2 Å². The third-order valence-corrected chi connectivity index (χ3v) is 2.26. The zero-order chi connectivity index (χ0) is 11.6. The largest absolute Gasteiger partial charge is 0.385 e. The summed E-state index contributed by atoms with van der Waals surface area (Å²) in [7, 11) is 0. The number of nitrogens with zero attached hydrogens (tertiary/aromatic N) is 1. The molecule has 82 valence electrons. The monoisotopic (exact) mass is 228 g/mol. The van der Waals surface area contributed by atoms with Crippen molar-refractivity contribution < 1.29 is 9.90 Å². The summed E-state index contributed by atoms with van der Waals surface area (Å²) in [6.07, 6.45) is 0.280. The molecule has 0 radical (unpaired) electrons. The summed E-state index contributed by atoms with van der Waals surface area (Å²) in [5.74, 6) is -0.530. The van der Waals surface area contributed by atoms with E-state index in [2.05, 4.69) is 4.98 Å². The van der Waals surface area contributed by atoms with Gasteiger partial charge in [0.2, 0.25) is 0 Å². The van der Waals surface area contributed by atoms with Crippen molar-refractivity contribution in [3.8, 4) is 0 Å². The van der Waals surface area contributed by atoms with Gasteiger partial charge in [0, 0.05) is 6.20 Å². The van der Waals surface area contributed by atoms with E-state index in [-0.39, 0.29) is 17.3 Å². The molecule has 0 aromatic carbocycles. The Balaban J connectivity index is 3.05. The number of carbonyl (C=O) groups is 1. The number of aromatic nitrogens is 1. The first-order valence-electron chi connectivity index (χ1n) is 4.56. The van der Waals surface area contributed by atoms with Gasteiger partial charge in [-0.05, 0) is 12.0 Å². The molecule has 1 heterocycles. The lowest BCUT2D eigenvalue weighted by atomic mass is 9.98. The van der Waals surface area contributed by atoms with Gasteiger partial charge in [0.05, 0.1) is 10.6 Å². The van der Waals surface area contributed by atoms with E-state index in [1.807, 2.05) is 0 Å². The van der Waals surface area contributed by atoms with E-state index < -0.39 is 11.9 Å². The van der Waals surface area contributed by atoms with E-state index in [0.717, 1.165) is 0 Å². The number of nitrogen functional groups attached to an aromatic ring is 1. The molecule has 0 aliphatic carbocycles. The number of hydrogen-bond donors (Lipinski definition) is 2. The fraction of sp³-hybridized carbons (Fsp3) is 0.400. The Morgan fingerprint density at radius 1 is 1.60 bits per heavy atom. The highest BCUT2D eigenvalue weighted by atomic mass is 35.5. The molecule has 0 aliphatic heterocycles. The van der Waals surface area contributed by atoms with Crippen LogP contribution in [0, 0.1) is 5.92 Å². The second-order valence-corrected chi connectivity index (χ2v) is 4.08. The summed E-state index contributed by atoms with van der Waals surface area (Å²) in [6.45, 7) is 3.49. The van der Waals surface area contributed by atoms with Crippen LogP contribution >= 0.6 is 11.6 Å². The normalized spacial score (nSPS) is 12.9. The van der Waals surface area contributed by atoms with E-state index >= 15 is 0 Å². The van der Waals surface area contributed by atoms with Crippen LogP contribution in [0.4, 0.5) is 5.82 Å². The molecule has 1 aromatic rings. The summed E-state index contributed by atoms with van der Waals surface area (Å²) in [5, 5.41) is 9.91. The van der Waals surface area contributed by atoms with Crippen LogP contribution in [0.15, 0.2) is 12.3 Å². The summed E-state index contributed by atoms with van der Waals surface area (Å²) in [5.41, 5.74) is 5.70. The Hall–Kier alpha value is -1.13. The van der Waals surface area contributed by atoms with Crippen LogP contribution in [0.2, 0.25) is 5.02 Å². The minimum absolute atomic E-state index is 0.0871. The summed E-state index contributed by atoms with van der Waals surface area (Å²) in [6, 6.07) is 1.41. The van der Waals surface area contributed by atoms with Crippen molar-refractivity contribution in [1.29, 1.82) is 0 Å². The first kappa shape index (κ1) is 11.9. The number of hydrogen-bond acceptors (Lipinski definition) is 4. The minimum Gasteiger partial charge on any atom is -0.385 e. The maximum absolute atomic E-state index is 11.7. The second-order valence-electron chi connectivity index (χ2n) is 3.64. The van der Waals surface area contributed by atoms with E-state index in [9.17, 15) is 9.90 Å². The molecule has 0 saturated carbocycles. The predicted molar refractivity (Wildman–Crippen MR) is 58.8 cm³/mol. The van der Waals surface area contributed by atoms with Crippen molar-refractivity contribution in [2.75, 3.05) is 5.73 Å². The molecule has 0 bridgehead atoms. The van der Waals surface area contributed by atoms with Crippen LogP contribution in [0.5, 0.6) is 0 Å².